The van der Waals surface area contributed by atoms with Crippen LogP contribution in [-0.2, 0) is 14.3 Å². The zero-order valence-electron chi connectivity index (χ0n) is 50.5. The number of carbonyl (C=O) groups is 2. The molecule has 75 heavy (non-hydrogen) atoms. The summed E-state index contributed by atoms with van der Waals surface area (Å²) in [6.45, 7) is 4.96. The van der Waals surface area contributed by atoms with Gasteiger partial charge in [0, 0.05) is 12.8 Å². The summed E-state index contributed by atoms with van der Waals surface area (Å²) < 4.78 is 5.48. The van der Waals surface area contributed by atoms with Gasteiger partial charge in [-0.2, -0.15) is 0 Å². The number of allylic oxidation sites excluding steroid dienone is 6. The van der Waals surface area contributed by atoms with Crippen LogP contribution in [-0.4, -0.2) is 47.4 Å². The van der Waals surface area contributed by atoms with Gasteiger partial charge in [-0.25, -0.2) is 0 Å². The van der Waals surface area contributed by atoms with Crippen molar-refractivity contribution >= 4 is 11.9 Å². The van der Waals surface area contributed by atoms with Crippen molar-refractivity contribution < 1.29 is 24.5 Å². The van der Waals surface area contributed by atoms with E-state index in [4.69, 9.17) is 4.74 Å². The van der Waals surface area contributed by atoms with Crippen molar-refractivity contribution in [2.24, 2.45) is 0 Å². The SMILES string of the molecule is CCCCCCCC/C=C\CCCCCCCC(=O)OCCCCCCCCCCC/C=C\C/C=C\CCCCCCCCCCCCCCCC(=O)NC(CO)C(O)CCCCCCCCCCCCCCCC. The maximum absolute atomic E-state index is 12.5. The maximum Gasteiger partial charge on any atom is 0.305 e. The molecule has 442 valence electrons. The summed E-state index contributed by atoms with van der Waals surface area (Å²) in [5, 5.41) is 23.3. The van der Waals surface area contributed by atoms with Crippen LogP contribution < -0.4 is 5.32 Å². The largest absolute Gasteiger partial charge is 0.466 e. The lowest BCUT2D eigenvalue weighted by molar-refractivity contribution is -0.143. The minimum Gasteiger partial charge on any atom is -0.466 e. The van der Waals surface area contributed by atoms with Crippen molar-refractivity contribution in [1.29, 1.82) is 0 Å². The molecule has 0 heterocycles. The fourth-order valence-electron chi connectivity index (χ4n) is 10.5. The predicted molar refractivity (Wildman–Crippen MR) is 329 cm³/mol. The zero-order valence-corrected chi connectivity index (χ0v) is 50.5. The molecule has 6 heteroatoms. The summed E-state index contributed by atoms with van der Waals surface area (Å²) in [5.41, 5.74) is 0. The van der Waals surface area contributed by atoms with Gasteiger partial charge in [0.15, 0.2) is 0 Å². The van der Waals surface area contributed by atoms with E-state index in [0.717, 1.165) is 51.4 Å². The molecule has 2 unspecified atom stereocenters. The van der Waals surface area contributed by atoms with Crippen LogP contribution in [0.4, 0.5) is 0 Å². The standard InChI is InChI=1S/C69H131NO5/c1-3-5-7-9-11-13-15-17-34-39-43-47-51-55-59-63-69(74)75-64-60-56-52-48-44-40-36-33-31-29-27-25-23-21-19-20-22-24-26-28-30-32-35-38-42-46-50-54-58-62-68(73)70-66(65-71)67(72)61-57-53-49-45-41-37-18-16-14-12-10-8-6-4-2/h17,19,21,25,27,34,66-67,71-72H,3-16,18,20,22-24,26,28-33,35-65H2,1-2H3,(H,70,73)/b21-19-,27-25-,34-17-. The summed E-state index contributed by atoms with van der Waals surface area (Å²) >= 11 is 0. The van der Waals surface area contributed by atoms with Gasteiger partial charge in [0.05, 0.1) is 25.4 Å². The van der Waals surface area contributed by atoms with Gasteiger partial charge in [0.1, 0.15) is 0 Å². The summed E-state index contributed by atoms with van der Waals surface area (Å²) in [6.07, 6.45) is 81.8. The molecule has 0 aliphatic carbocycles. The van der Waals surface area contributed by atoms with Crippen LogP contribution in [0.2, 0.25) is 0 Å². The van der Waals surface area contributed by atoms with Gasteiger partial charge in [-0.3, -0.25) is 9.59 Å². The number of unbranched alkanes of at least 4 members (excludes halogenated alkanes) is 46. The molecule has 0 saturated carbocycles. The Balaban J connectivity index is 3.40. The van der Waals surface area contributed by atoms with E-state index in [0.29, 0.717) is 25.9 Å². The van der Waals surface area contributed by atoms with Crippen LogP contribution in [0.25, 0.3) is 0 Å². The van der Waals surface area contributed by atoms with E-state index < -0.39 is 12.1 Å². The molecule has 6 nitrogen and oxygen atoms in total. The molecule has 0 aliphatic heterocycles. The summed E-state index contributed by atoms with van der Waals surface area (Å²) in [7, 11) is 0. The van der Waals surface area contributed by atoms with Crippen molar-refractivity contribution in [3.8, 4) is 0 Å². The van der Waals surface area contributed by atoms with E-state index in [1.165, 1.54) is 283 Å². The Morgan fingerprint density at radius 1 is 0.373 bits per heavy atom. The summed E-state index contributed by atoms with van der Waals surface area (Å²) in [6, 6.07) is -0.542. The van der Waals surface area contributed by atoms with Crippen LogP contribution in [0.5, 0.6) is 0 Å². The van der Waals surface area contributed by atoms with Crippen molar-refractivity contribution in [3.05, 3.63) is 36.5 Å². The van der Waals surface area contributed by atoms with E-state index in [-0.39, 0.29) is 18.5 Å². The number of esters is 1. The lowest BCUT2D eigenvalue weighted by atomic mass is 10.0. The summed E-state index contributed by atoms with van der Waals surface area (Å²) in [5.74, 6) is -0.0301. The monoisotopic (exact) mass is 1050 g/mol. The number of carbonyl (C=O) groups excluding carboxylic acids is 2. The van der Waals surface area contributed by atoms with Gasteiger partial charge in [-0.05, 0) is 83.5 Å². The first-order valence-corrected chi connectivity index (χ1v) is 33.7. The minimum absolute atomic E-state index is 0.00430. The fourth-order valence-corrected chi connectivity index (χ4v) is 10.5. The molecular weight excluding hydrogens is 923 g/mol. The van der Waals surface area contributed by atoms with Gasteiger partial charge in [0.2, 0.25) is 5.91 Å². The average molecular weight is 1050 g/mol. The van der Waals surface area contributed by atoms with E-state index in [1.807, 2.05) is 0 Å². The smallest absolute Gasteiger partial charge is 0.305 e. The highest BCUT2D eigenvalue weighted by atomic mass is 16.5. The highest BCUT2D eigenvalue weighted by molar-refractivity contribution is 5.76. The number of nitrogens with one attached hydrogen (secondary N) is 1. The molecule has 0 aromatic heterocycles. The Bertz CT molecular complexity index is 1210. The molecule has 1 amide bonds. The van der Waals surface area contributed by atoms with Crippen LogP contribution in [0.15, 0.2) is 36.5 Å². The maximum atomic E-state index is 12.5. The quantitative estimate of drug-likeness (QED) is 0.0320. The Morgan fingerprint density at radius 3 is 1.03 bits per heavy atom. The Kier molecular flexibility index (Phi) is 63.0. The molecule has 2 atom stereocenters. The molecule has 0 radical (unpaired) electrons. The first-order chi connectivity index (χ1) is 37.0. The number of ether oxygens (including phenoxy) is 1. The summed E-state index contributed by atoms with van der Waals surface area (Å²) in [4.78, 5) is 24.5. The number of amides is 1. The van der Waals surface area contributed by atoms with Gasteiger partial charge < -0.3 is 20.3 Å². The van der Waals surface area contributed by atoms with Gasteiger partial charge in [-0.1, -0.05) is 307 Å². The number of hydrogen-bond acceptors (Lipinski definition) is 5. The number of hydrogen-bond donors (Lipinski definition) is 3. The molecule has 0 spiro atoms. The number of aliphatic hydroxyl groups excluding tert-OH is 2. The third kappa shape index (κ3) is 61.2. The molecule has 0 fully saturated rings. The molecule has 0 rings (SSSR count). The van der Waals surface area contributed by atoms with E-state index >= 15 is 0 Å². The van der Waals surface area contributed by atoms with Crippen molar-refractivity contribution in [2.45, 2.75) is 379 Å². The molecule has 3 N–H and O–H groups in total. The van der Waals surface area contributed by atoms with Gasteiger partial charge in [-0.15, -0.1) is 0 Å². The third-order valence-corrected chi connectivity index (χ3v) is 15.7. The van der Waals surface area contributed by atoms with E-state index in [2.05, 4.69) is 55.6 Å². The average Bonchev–Trinajstić information content (AvgIpc) is 3.41. The highest BCUT2D eigenvalue weighted by Gasteiger charge is 2.20. The molecule has 0 aromatic rings. The lowest BCUT2D eigenvalue weighted by Crippen LogP contribution is -2.45. The fraction of sp³-hybridized carbons (Fsp3) is 0.884. The molecule has 0 saturated heterocycles. The van der Waals surface area contributed by atoms with Crippen molar-refractivity contribution in [2.75, 3.05) is 13.2 Å². The van der Waals surface area contributed by atoms with Crippen LogP contribution in [0, 0.1) is 0 Å². The van der Waals surface area contributed by atoms with Crippen LogP contribution in [0.1, 0.15) is 367 Å². The number of aliphatic hydroxyl groups is 2. The zero-order chi connectivity index (χ0) is 54.3. The first-order valence-electron chi connectivity index (χ1n) is 33.7. The second-order valence-electron chi connectivity index (χ2n) is 23.1. The van der Waals surface area contributed by atoms with Crippen molar-refractivity contribution in [3.63, 3.8) is 0 Å². The first kappa shape index (κ1) is 73.1. The molecule has 0 bridgehead atoms. The molecular formula is C69H131NO5. The topological polar surface area (TPSA) is 95.9 Å². The second-order valence-corrected chi connectivity index (χ2v) is 23.1. The highest BCUT2D eigenvalue weighted by Crippen LogP contribution is 2.18. The Morgan fingerprint density at radius 2 is 0.667 bits per heavy atom. The number of rotatable bonds is 63. The third-order valence-electron chi connectivity index (χ3n) is 15.7. The van der Waals surface area contributed by atoms with Crippen LogP contribution in [0.3, 0.4) is 0 Å². The van der Waals surface area contributed by atoms with E-state index in [1.54, 1.807) is 0 Å². The van der Waals surface area contributed by atoms with Crippen LogP contribution >= 0.6 is 0 Å². The minimum atomic E-state index is -0.665. The van der Waals surface area contributed by atoms with E-state index in [9.17, 15) is 19.8 Å². The predicted octanol–water partition coefficient (Wildman–Crippen LogP) is 21.5. The lowest BCUT2D eigenvalue weighted by Gasteiger charge is -2.22. The Labute approximate surface area is 468 Å². The molecule has 0 aromatic carbocycles. The van der Waals surface area contributed by atoms with Crippen molar-refractivity contribution in [1.82, 2.24) is 5.32 Å². The van der Waals surface area contributed by atoms with Gasteiger partial charge in [0.25, 0.3) is 0 Å². The normalized spacial score (nSPS) is 12.7. The van der Waals surface area contributed by atoms with Gasteiger partial charge >= 0.3 is 5.97 Å². The Hall–Kier alpha value is -1.92. The second kappa shape index (κ2) is 64.6. The molecule has 0 aliphatic rings.